The molecule has 0 aliphatic heterocycles. The number of halogens is 8. The Labute approximate surface area is 157 Å². The molecule has 1 N–H and O–H groups in total. The summed E-state index contributed by atoms with van der Waals surface area (Å²) in [7, 11) is -2.49. The lowest BCUT2D eigenvalue weighted by atomic mass is 10.3. The molecule has 3 nitrogen and oxygen atoms in total. The molecule has 0 radical (unpaired) electrons. The van der Waals surface area contributed by atoms with Gasteiger partial charge in [0.25, 0.3) is 0 Å². The predicted octanol–water partition coefficient (Wildman–Crippen LogP) is 5.45. The van der Waals surface area contributed by atoms with E-state index in [1.807, 2.05) is 0 Å². The monoisotopic (exact) mass is 440 g/mol. The van der Waals surface area contributed by atoms with Gasteiger partial charge in [-0.15, -0.1) is 0 Å². The van der Waals surface area contributed by atoms with Gasteiger partial charge in [0.1, 0.15) is 18.1 Å². The summed E-state index contributed by atoms with van der Waals surface area (Å²) in [5.41, 5.74) is -0.00517. The molecule has 1 saturated carbocycles. The number of benzene rings is 1. The van der Waals surface area contributed by atoms with Crippen molar-refractivity contribution in [3.05, 3.63) is 22.2 Å². The van der Waals surface area contributed by atoms with Crippen LogP contribution in [0.1, 0.15) is 12.8 Å². The highest BCUT2D eigenvalue weighted by molar-refractivity contribution is 7.85. The van der Waals surface area contributed by atoms with Crippen LogP contribution < -0.4 is 5.32 Å². The molecule has 0 saturated heterocycles. The summed E-state index contributed by atoms with van der Waals surface area (Å²) >= 11 is 11.8. The van der Waals surface area contributed by atoms with Crippen LogP contribution in [0, 0.1) is 5.92 Å². The first-order chi connectivity index (χ1) is 11.9. The van der Waals surface area contributed by atoms with Crippen molar-refractivity contribution in [2.75, 3.05) is 17.6 Å². The number of hydrogen-bond acceptors (Lipinski definition) is 2. The summed E-state index contributed by atoms with van der Waals surface area (Å²) in [4.78, 5) is 3.17. The molecule has 1 aliphatic rings. The molecule has 26 heavy (non-hydrogen) atoms. The lowest BCUT2D eigenvalue weighted by Crippen LogP contribution is -2.21. The number of rotatable bonds is 5. The average Bonchev–Trinajstić information content (AvgIpc) is 3.26. The maximum Gasteiger partial charge on any atom is 0.408 e. The Balaban J connectivity index is 2.28. The van der Waals surface area contributed by atoms with Crippen LogP contribution in [0.25, 0.3) is 0 Å². The molecule has 12 heteroatoms. The Morgan fingerprint density at radius 2 is 1.73 bits per heavy atom. The number of amidine groups is 1. The standard InChI is InChI=1S/C14H12Cl2F6N2OS/c15-8-3-9(16)11(26(25)6-14(20,21)22)4-10(8)24-12(7-1-2-7)23-5-13(17,18)19/h3-4,7H,1-2,5-6H2,(H,23,24). The van der Waals surface area contributed by atoms with Crippen LogP contribution in [0.15, 0.2) is 22.0 Å². The normalized spacial score (nSPS) is 17.3. The third-order valence-electron chi connectivity index (χ3n) is 3.22. The number of alkyl halides is 6. The van der Waals surface area contributed by atoms with Crippen LogP contribution in [-0.2, 0) is 10.8 Å². The van der Waals surface area contributed by atoms with Gasteiger partial charge in [-0.2, -0.15) is 26.3 Å². The summed E-state index contributed by atoms with van der Waals surface area (Å²) < 4.78 is 86.3. The fourth-order valence-corrected chi connectivity index (χ4v) is 3.63. The minimum Gasteiger partial charge on any atom is -0.343 e. The Morgan fingerprint density at radius 1 is 1.12 bits per heavy atom. The van der Waals surface area contributed by atoms with Gasteiger partial charge in [-0.05, 0) is 25.0 Å². The van der Waals surface area contributed by atoms with Crippen LogP contribution in [0.5, 0.6) is 0 Å². The predicted molar refractivity (Wildman–Crippen MR) is 88.5 cm³/mol. The van der Waals surface area contributed by atoms with E-state index in [0.29, 0.717) is 12.8 Å². The van der Waals surface area contributed by atoms with E-state index in [2.05, 4.69) is 10.3 Å². The maximum absolute atomic E-state index is 12.4. The molecule has 0 spiro atoms. The van der Waals surface area contributed by atoms with Gasteiger partial charge in [0.2, 0.25) is 0 Å². The first-order valence-electron chi connectivity index (χ1n) is 7.18. The minimum absolute atomic E-state index is 0.00517. The highest BCUT2D eigenvalue weighted by Crippen LogP contribution is 2.36. The topological polar surface area (TPSA) is 41.5 Å². The van der Waals surface area contributed by atoms with Gasteiger partial charge < -0.3 is 5.32 Å². The second-order valence-corrected chi connectivity index (χ2v) is 7.82. The van der Waals surface area contributed by atoms with E-state index >= 15 is 0 Å². The average molecular weight is 441 g/mol. The minimum atomic E-state index is -4.67. The highest BCUT2D eigenvalue weighted by Gasteiger charge is 2.33. The second-order valence-electron chi connectivity index (χ2n) is 5.58. The largest absolute Gasteiger partial charge is 0.408 e. The molecule has 1 fully saturated rings. The van der Waals surface area contributed by atoms with Gasteiger partial charge in [0.05, 0.1) is 31.4 Å². The third kappa shape index (κ3) is 6.62. The van der Waals surface area contributed by atoms with Crippen molar-refractivity contribution in [2.24, 2.45) is 10.9 Å². The molecule has 2 rings (SSSR count). The summed E-state index contributed by atoms with van der Waals surface area (Å²) in [6, 6.07) is 2.13. The van der Waals surface area contributed by atoms with E-state index in [1.54, 1.807) is 0 Å². The Bertz CT molecular complexity index is 731. The van der Waals surface area contributed by atoms with Gasteiger partial charge in [0, 0.05) is 5.92 Å². The second kappa shape index (κ2) is 7.93. The van der Waals surface area contributed by atoms with Crippen molar-refractivity contribution in [3.8, 4) is 0 Å². The summed E-state index contributed by atoms with van der Waals surface area (Å²) in [6.45, 7) is -1.40. The number of nitrogens with one attached hydrogen (secondary N) is 1. The zero-order valence-corrected chi connectivity index (χ0v) is 15.2. The van der Waals surface area contributed by atoms with Crippen LogP contribution in [0.2, 0.25) is 10.0 Å². The summed E-state index contributed by atoms with van der Waals surface area (Å²) in [5, 5.41) is 2.34. The molecule has 1 atom stereocenters. The first kappa shape index (κ1) is 21.3. The number of nitrogens with zero attached hydrogens (tertiary/aromatic N) is 1. The number of aliphatic imine (C=N–C) groups is 1. The van der Waals surface area contributed by atoms with Crippen molar-refractivity contribution in [1.29, 1.82) is 0 Å². The Kier molecular flexibility index (Phi) is 6.50. The fourth-order valence-electron chi connectivity index (χ4n) is 1.97. The van der Waals surface area contributed by atoms with Crippen LogP contribution >= 0.6 is 23.2 Å². The highest BCUT2D eigenvalue weighted by atomic mass is 35.5. The van der Waals surface area contributed by atoms with Crippen molar-refractivity contribution in [3.63, 3.8) is 0 Å². The van der Waals surface area contributed by atoms with Gasteiger partial charge in [-0.25, -0.2) is 0 Å². The SMILES string of the molecule is O=S(CC(F)(F)F)c1cc(NC(=NCC(F)(F)F)C2CC2)c(Cl)cc1Cl. The van der Waals surface area contributed by atoms with Crippen LogP contribution in [0.4, 0.5) is 32.0 Å². The molecule has 1 aromatic rings. The van der Waals surface area contributed by atoms with E-state index in [9.17, 15) is 30.6 Å². The maximum atomic E-state index is 12.4. The van der Waals surface area contributed by atoms with Gasteiger partial charge in [-0.3, -0.25) is 9.20 Å². The van der Waals surface area contributed by atoms with Crippen LogP contribution in [0.3, 0.4) is 0 Å². The first-order valence-corrected chi connectivity index (χ1v) is 9.25. The molecule has 1 aromatic carbocycles. The van der Waals surface area contributed by atoms with E-state index in [0.717, 1.165) is 12.1 Å². The zero-order valence-electron chi connectivity index (χ0n) is 12.8. The molecule has 146 valence electrons. The van der Waals surface area contributed by atoms with E-state index in [4.69, 9.17) is 23.2 Å². The van der Waals surface area contributed by atoms with Crippen LogP contribution in [-0.4, -0.2) is 34.7 Å². The van der Waals surface area contributed by atoms with Gasteiger partial charge >= 0.3 is 12.4 Å². The third-order valence-corrected chi connectivity index (χ3v) is 5.37. The quantitative estimate of drug-likeness (QED) is 0.376. The van der Waals surface area contributed by atoms with Crippen molar-refractivity contribution >= 4 is 45.5 Å². The molecule has 0 amide bonds. The molecular formula is C14H12Cl2F6N2OS. The molecule has 1 unspecified atom stereocenters. The molecular weight excluding hydrogens is 429 g/mol. The molecule has 0 bridgehead atoms. The summed E-state index contributed by atoms with van der Waals surface area (Å²) in [6.07, 6.45) is -7.91. The zero-order chi connectivity index (χ0) is 19.7. The van der Waals surface area contributed by atoms with E-state index < -0.39 is 35.4 Å². The molecule has 0 aromatic heterocycles. The van der Waals surface area contributed by atoms with E-state index in [-0.39, 0.29) is 32.4 Å². The lowest BCUT2D eigenvalue weighted by molar-refractivity contribution is -0.118. The Hall–Kier alpha value is -1.00. The van der Waals surface area contributed by atoms with Crippen molar-refractivity contribution < 1.29 is 30.6 Å². The smallest absolute Gasteiger partial charge is 0.343 e. The van der Waals surface area contributed by atoms with Crippen molar-refractivity contribution in [1.82, 2.24) is 0 Å². The lowest BCUT2D eigenvalue weighted by Gasteiger charge is -2.15. The van der Waals surface area contributed by atoms with E-state index in [1.165, 1.54) is 0 Å². The van der Waals surface area contributed by atoms with Gasteiger partial charge in [-0.1, -0.05) is 23.2 Å². The van der Waals surface area contributed by atoms with Crippen molar-refractivity contribution in [2.45, 2.75) is 30.1 Å². The fraction of sp³-hybridized carbons (Fsp3) is 0.500. The molecule has 0 heterocycles. The number of hydrogen-bond donors (Lipinski definition) is 1. The van der Waals surface area contributed by atoms with Gasteiger partial charge in [0.15, 0.2) is 0 Å². The molecule has 1 aliphatic carbocycles. The summed E-state index contributed by atoms with van der Waals surface area (Å²) in [5.74, 6) is -1.79. The number of anilines is 1. The Morgan fingerprint density at radius 3 is 2.23 bits per heavy atom.